The first-order valence-corrected chi connectivity index (χ1v) is 8.36. The highest BCUT2D eigenvalue weighted by Crippen LogP contribution is 2.24. The van der Waals surface area contributed by atoms with Gasteiger partial charge in [-0.1, -0.05) is 11.8 Å². The van der Waals surface area contributed by atoms with Crippen LogP contribution in [0.5, 0.6) is 0 Å². The van der Waals surface area contributed by atoms with Gasteiger partial charge in [-0.15, -0.1) is 0 Å². The third kappa shape index (κ3) is 4.29. The second kappa shape index (κ2) is 6.58. The molecule has 1 aliphatic rings. The Bertz CT molecular complexity index is 636. The lowest BCUT2D eigenvalue weighted by Crippen LogP contribution is -2.40. The molecule has 1 aliphatic heterocycles. The monoisotopic (exact) mass is 308 g/mol. The number of rotatable bonds is 4. The van der Waals surface area contributed by atoms with Crippen molar-refractivity contribution in [2.45, 2.75) is 30.3 Å². The van der Waals surface area contributed by atoms with E-state index in [4.69, 9.17) is 10.5 Å². The van der Waals surface area contributed by atoms with Crippen molar-refractivity contribution in [3.63, 3.8) is 0 Å². The topological polar surface area (TPSA) is 81.4 Å². The lowest BCUT2D eigenvalue weighted by Gasteiger charge is -2.23. The zero-order valence-corrected chi connectivity index (χ0v) is 12.9. The zero-order valence-electron chi connectivity index (χ0n) is 12.1. The second-order valence-electron chi connectivity index (χ2n) is 5.26. The minimum atomic E-state index is -3.53. The van der Waals surface area contributed by atoms with E-state index in [0.29, 0.717) is 6.61 Å². The Kier molecular flexibility index (Phi) is 5.01. The van der Waals surface area contributed by atoms with Gasteiger partial charge in [-0.2, -0.15) is 0 Å². The van der Waals surface area contributed by atoms with Gasteiger partial charge in [0.1, 0.15) is 0 Å². The molecule has 1 atom stereocenters. The molecular formula is C15H20N2O3S. The first-order valence-electron chi connectivity index (χ1n) is 6.88. The van der Waals surface area contributed by atoms with E-state index in [1.165, 1.54) is 0 Å². The fourth-order valence-corrected chi connectivity index (χ4v) is 3.33. The lowest BCUT2D eigenvalue weighted by molar-refractivity contribution is 0.0250. The maximum Gasteiger partial charge on any atom is 0.240 e. The molecule has 1 unspecified atom stereocenters. The molecule has 5 nitrogen and oxygen atoms in total. The first-order chi connectivity index (χ1) is 9.95. The van der Waals surface area contributed by atoms with Crippen LogP contribution in [0.4, 0.5) is 0 Å². The number of benzene rings is 1. The average Bonchev–Trinajstić information content (AvgIpc) is 2.91. The SMILES string of the molecule is CC1(CNS(=O)(=O)c2ccc(C#CCN)cc2)CCCO1. The summed E-state index contributed by atoms with van der Waals surface area (Å²) >= 11 is 0. The number of nitrogens with two attached hydrogens (primary N) is 1. The highest BCUT2D eigenvalue weighted by atomic mass is 32.2. The summed E-state index contributed by atoms with van der Waals surface area (Å²) in [6.07, 6.45) is 1.83. The Balaban J connectivity index is 2.05. The molecule has 1 fully saturated rings. The highest BCUT2D eigenvalue weighted by molar-refractivity contribution is 7.89. The van der Waals surface area contributed by atoms with Crippen molar-refractivity contribution in [3.8, 4) is 11.8 Å². The van der Waals surface area contributed by atoms with Gasteiger partial charge in [0.15, 0.2) is 0 Å². The molecule has 0 bridgehead atoms. The molecule has 0 saturated carbocycles. The second-order valence-corrected chi connectivity index (χ2v) is 7.02. The summed E-state index contributed by atoms with van der Waals surface area (Å²) in [7, 11) is -3.53. The van der Waals surface area contributed by atoms with Gasteiger partial charge in [0.05, 0.1) is 17.0 Å². The zero-order chi connectivity index (χ0) is 15.3. The van der Waals surface area contributed by atoms with Crippen molar-refractivity contribution in [1.82, 2.24) is 4.72 Å². The van der Waals surface area contributed by atoms with Gasteiger partial charge in [-0.05, 0) is 44.0 Å². The van der Waals surface area contributed by atoms with Crippen LogP contribution in [0.15, 0.2) is 29.2 Å². The van der Waals surface area contributed by atoms with Gasteiger partial charge in [-0.25, -0.2) is 13.1 Å². The largest absolute Gasteiger partial charge is 0.374 e. The summed E-state index contributed by atoms with van der Waals surface area (Å²) in [6.45, 7) is 3.17. The molecule has 2 rings (SSSR count). The van der Waals surface area contributed by atoms with Crippen LogP contribution < -0.4 is 10.5 Å². The fourth-order valence-electron chi connectivity index (χ4n) is 2.18. The van der Waals surface area contributed by atoms with Crippen molar-refractivity contribution in [2.24, 2.45) is 5.73 Å². The van der Waals surface area contributed by atoms with Gasteiger partial charge in [-0.3, -0.25) is 0 Å². The maximum absolute atomic E-state index is 12.2. The minimum Gasteiger partial charge on any atom is -0.374 e. The number of ether oxygens (including phenoxy) is 1. The number of hydrogen-bond acceptors (Lipinski definition) is 4. The van der Waals surface area contributed by atoms with Crippen LogP contribution in [0, 0.1) is 11.8 Å². The Hall–Kier alpha value is -1.39. The molecule has 0 spiro atoms. The predicted octanol–water partition coefficient (Wildman–Crippen LogP) is 0.844. The Morgan fingerprint density at radius 3 is 2.67 bits per heavy atom. The van der Waals surface area contributed by atoms with Crippen molar-refractivity contribution < 1.29 is 13.2 Å². The summed E-state index contributed by atoms with van der Waals surface area (Å²) in [4.78, 5) is 0.224. The van der Waals surface area contributed by atoms with Crippen molar-refractivity contribution in [1.29, 1.82) is 0 Å². The van der Waals surface area contributed by atoms with Gasteiger partial charge in [0, 0.05) is 18.7 Å². The van der Waals surface area contributed by atoms with Crippen molar-refractivity contribution in [2.75, 3.05) is 19.7 Å². The van der Waals surface area contributed by atoms with Gasteiger partial charge < -0.3 is 10.5 Å². The normalized spacial score (nSPS) is 21.8. The van der Waals surface area contributed by atoms with Crippen LogP contribution in [0.3, 0.4) is 0 Å². The average molecular weight is 308 g/mol. The summed E-state index contributed by atoms with van der Waals surface area (Å²) in [5, 5.41) is 0. The maximum atomic E-state index is 12.2. The summed E-state index contributed by atoms with van der Waals surface area (Å²) < 4.78 is 32.7. The van der Waals surface area contributed by atoms with Crippen molar-refractivity contribution in [3.05, 3.63) is 29.8 Å². The highest BCUT2D eigenvalue weighted by Gasteiger charge is 2.31. The molecule has 1 heterocycles. The first kappa shape index (κ1) is 16.0. The summed E-state index contributed by atoms with van der Waals surface area (Å²) in [5.41, 5.74) is 5.63. The van der Waals surface area contributed by atoms with E-state index in [0.717, 1.165) is 18.4 Å². The van der Waals surface area contributed by atoms with Crippen LogP contribution in [-0.4, -0.2) is 33.7 Å². The summed E-state index contributed by atoms with van der Waals surface area (Å²) in [6, 6.07) is 6.43. The van der Waals surface area contributed by atoms with Crippen molar-refractivity contribution >= 4 is 10.0 Å². The number of sulfonamides is 1. The molecule has 0 aromatic heterocycles. The van der Waals surface area contributed by atoms with E-state index < -0.39 is 15.6 Å². The van der Waals surface area contributed by atoms with E-state index in [1.54, 1.807) is 24.3 Å². The standard InChI is InChI=1S/C15H20N2O3S/c1-15(9-3-11-20-15)12-17-21(18,19)14-7-5-13(6-8-14)4-2-10-16/h5-8,17H,3,9-12,16H2,1H3. The van der Waals surface area contributed by atoms with E-state index in [1.807, 2.05) is 6.92 Å². The fraction of sp³-hybridized carbons (Fsp3) is 0.467. The minimum absolute atomic E-state index is 0.224. The molecule has 0 aliphatic carbocycles. The number of nitrogens with one attached hydrogen (secondary N) is 1. The lowest BCUT2D eigenvalue weighted by atomic mass is 10.0. The third-order valence-electron chi connectivity index (χ3n) is 3.44. The van der Waals surface area contributed by atoms with Gasteiger partial charge in [0.2, 0.25) is 10.0 Å². The smallest absolute Gasteiger partial charge is 0.240 e. The van der Waals surface area contributed by atoms with E-state index in [9.17, 15) is 8.42 Å². The molecule has 6 heteroatoms. The van der Waals surface area contributed by atoms with Gasteiger partial charge in [0.25, 0.3) is 0 Å². The van der Waals surface area contributed by atoms with Gasteiger partial charge >= 0.3 is 0 Å². The number of hydrogen-bond donors (Lipinski definition) is 2. The molecule has 0 amide bonds. The molecule has 1 aromatic carbocycles. The Labute approximate surface area is 125 Å². The predicted molar refractivity (Wildman–Crippen MR) is 81.2 cm³/mol. The molecule has 1 saturated heterocycles. The Morgan fingerprint density at radius 2 is 2.10 bits per heavy atom. The molecule has 114 valence electrons. The van der Waals surface area contributed by atoms with E-state index in [-0.39, 0.29) is 18.0 Å². The molecule has 21 heavy (non-hydrogen) atoms. The molecule has 0 radical (unpaired) electrons. The summed E-state index contributed by atoms with van der Waals surface area (Å²) in [5.74, 6) is 5.58. The molecule has 1 aromatic rings. The van der Waals surface area contributed by atoms with E-state index in [2.05, 4.69) is 16.6 Å². The molecule has 3 N–H and O–H groups in total. The van der Waals surface area contributed by atoms with Crippen LogP contribution >= 0.6 is 0 Å². The molecular weight excluding hydrogens is 288 g/mol. The quantitative estimate of drug-likeness (QED) is 0.808. The van der Waals surface area contributed by atoms with Crippen LogP contribution in [0.25, 0.3) is 0 Å². The Morgan fingerprint density at radius 1 is 1.38 bits per heavy atom. The third-order valence-corrected chi connectivity index (χ3v) is 4.85. The van der Waals surface area contributed by atoms with Crippen LogP contribution in [0.2, 0.25) is 0 Å². The van der Waals surface area contributed by atoms with E-state index >= 15 is 0 Å². The van der Waals surface area contributed by atoms with Crippen LogP contribution in [-0.2, 0) is 14.8 Å². The van der Waals surface area contributed by atoms with Crippen LogP contribution in [0.1, 0.15) is 25.3 Å².